The van der Waals surface area contributed by atoms with Gasteiger partial charge in [0.25, 0.3) is 0 Å². The van der Waals surface area contributed by atoms with E-state index in [1.165, 1.54) is 36.5 Å². The number of halogens is 1. The molecule has 0 spiro atoms. The van der Waals surface area contributed by atoms with Crippen molar-refractivity contribution in [3.63, 3.8) is 0 Å². The quantitative estimate of drug-likeness (QED) is 0.228. The van der Waals surface area contributed by atoms with Gasteiger partial charge in [-0.3, -0.25) is 0 Å². The summed E-state index contributed by atoms with van der Waals surface area (Å²) in [4.78, 5) is 0. The van der Waals surface area contributed by atoms with Gasteiger partial charge < -0.3 is 4.43 Å². The first-order chi connectivity index (χ1) is 7.74. The van der Waals surface area contributed by atoms with Crippen molar-refractivity contribution in [3.05, 3.63) is 0 Å². The lowest BCUT2D eigenvalue weighted by molar-refractivity contribution is 0.165. The van der Waals surface area contributed by atoms with Crippen LogP contribution in [0, 0.1) is 0 Å². The van der Waals surface area contributed by atoms with Crippen LogP contribution in [0.5, 0.6) is 0 Å². The summed E-state index contributed by atoms with van der Waals surface area (Å²) >= 11 is 2.47. The molecule has 0 bridgehead atoms. The third-order valence-electron chi connectivity index (χ3n) is 3.83. The van der Waals surface area contributed by atoms with Crippen LogP contribution in [0.2, 0.25) is 18.1 Å². The van der Waals surface area contributed by atoms with E-state index in [0.717, 1.165) is 0 Å². The third kappa shape index (κ3) is 7.16. The van der Waals surface area contributed by atoms with Crippen molar-refractivity contribution in [2.45, 2.75) is 84.0 Å². The summed E-state index contributed by atoms with van der Waals surface area (Å²) in [7, 11) is -1.57. The van der Waals surface area contributed by atoms with Crippen molar-refractivity contribution in [3.8, 4) is 0 Å². The lowest BCUT2D eigenvalue weighted by Gasteiger charge is -2.39. The first-order valence-electron chi connectivity index (χ1n) is 6.98. The molecule has 0 aromatic heterocycles. The molecule has 0 aromatic rings. The minimum absolute atomic E-state index is 0.335. The maximum Gasteiger partial charge on any atom is 0.192 e. The van der Waals surface area contributed by atoms with Gasteiger partial charge in [0.05, 0.1) is 0 Å². The van der Waals surface area contributed by atoms with Crippen molar-refractivity contribution < 1.29 is 4.43 Å². The zero-order chi connectivity index (χ0) is 13.5. The molecule has 1 unspecified atom stereocenters. The molecule has 0 aliphatic carbocycles. The molecule has 0 saturated carbocycles. The Balaban J connectivity index is 4.32. The molecule has 0 N–H and O–H groups in total. The standard InChI is InChI=1S/C14H31IOSi/c1-7-8-9-10-13(11-12-15)16-17(5,6)14(2,3)4/h13H,7-12H2,1-6H3. The van der Waals surface area contributed by atoms with Gasteiger partial charge in [-0.25, -0.2) is 0 Å². The molecule has 0 aliphatic heterocycles. The lowest BCUT2D eigenvalue weighted by Crippen LogP contribution is -2.44. The Morgan fingerprint density at radius 2 is 1.71 bits per heavy atom. The van der Waals surface area contributed by atoms with Gasteiger partial charge in [-0.05, 0) is 31.0 Å². The Morgan fingerprint density at radius 3 is 2.12 bits per heavy atom. The van der Waals surface area contributed by atoms with Gasteiger partial charge in [-0.15, -0.1) is 0 Å². The lowest BCUT2D eigenvalue weighted by atomic mass is 10.1. The minimum atomic E-state index is -1.57. The normalized spacial score (nSPS) is 15.0. The summed E-state index contributed by atoms with van der Waals surface area (Å²) in [6, 6.07) is 0. The van der Waals surface area contributed by atoms with Gasteiger partial charge in [0.2, 0.25) is 0 Å². The molecule has 17 heavy (non-hydrogen) atoms. The summed E-state index contributed by atoms with van der Waals surface area (Å²) in [6.07, 6.45) is 6.95. The highest BCUT2D eigenvalue weighted by Gasteiger charge is 2.38. The Hall–Kier alpha value is 0.907. The van der Waals surface area contributed by atoms with E-state index in [4.69, 9.17) is 4.43 Å². The molecule has 0 heterocycles. The highest BCUT2D eigenvalue weighted by Crippen LogP contribution is 2.38. The third-order valence-corrected chi connectivity index (χ3v) is 8.99. The van der Waals surface area contributed by atoms with Gasteiger partial charge in [0, 0.05) is 10.5 Å². The fourth-order valence-electron chi connectivity index (χ4n) is 1.60. The van der Waals surface area contributed by atoms with Gasteiger partial charge in [-0.1, -0.05) is 69.5 Å². The van der Waals surface area contributed by atoms with Crippen molar-refractivity contribution in [2.75, 3.05) is 4.43 Å². The average molecular weight is 370 g/mol. The molecule has 0 fully saturated rings. The molecule has 104 valence electrons. The largest absolute Gasteiger partial charge is 0.414 e. The van der Waals surface area contributed by atoms with Gasteiger partial charge >= 0.3 is 0 Å². The van der Waals surface area contributed by atoms with E-state index in [9.17, 15) is 0 Å². The SMILES string of the molecule is CCCCCC(CCI)O[Si](C)(C)C(C)(C)C. The Labute approximate surface area is 123 Å². The fourth-order valence-corrected chi connectivity index (χ4v) is 3.72. The van der Waals surface area contributed by atoms with Crippen LogP contribution >= 0.6 is 22.6 Å². The second-order valence-corrected chi connectivity index (χ2v) is 12.3. The molecule has 0 radical (unpaired) electrons. The zero-order valence-corrected chi connectivity index (χ0v) is 15.8. The zero-order valence-electron chi connectivity index (χ0n) is 12.6. The van der Waals surface area contributed by atoms with Crippen LogP contribution in [0.3, 0.4) is 0 Å². The molecule has 3 heteroatoms. The summed E-state index contributed by atoms with van der Waals surface area (Å²) in [5, 5.41) is 0.335. The van der Waals surface area contributed by atoms with Crippen molar-refractivity contribution in [2.24, 2.45) is 0 Å². The van der Waals surface area contributed by atoms with Crippen LogP contribution in [0.25, 0.3) is 0 Å². The van der Waals surface area contributed by atoms with E-state index in [1.807, 2.05) is 0 Å². The van der Waals surface area contributed by atoms with Crippen LogP contribution in [0.1, 0.15) is 59.8 Å². The number of unbranched alkanes of at least 4 members (excludes halogenated alkanes) is 2. The predicted molar refractivity (Wildman–Crippen MR) is 89.7 cm³/mol. The highest BCUT2D eigenvalue weighted by molar-refractivity contribution is 14.1. The predicted octanol–water partition coefficient (Wildman–Crippen LogP) is 5.78. The van der Waals surface area contributed by atoms with Gasteiger partial charge in [0.1, 0.15) is 0 Å². The molecule has 0 aromatic carbocycles. The molecule has 1 nitrogen and oxygen atoms in total. The molecule has 0 aliphatic rings. The number of rotatable bonds is 8. The molecule has 0 amide bonds. The van der Waals surface area contributed by atoms with Crippen LogP contribution in [-0.4, -0.2) is 18.8 Å². The van der Waals surface area contributed by atoms with Crippen LogP contribution in [0.4, 0.5) is 0 Å². The summed E-state index contributed by atoms with van der Waals surface area (Å²) in [6.45, 7) is 14.0. The van der Waals surface area contributed by atoms with Gasteiger partial charge in [0.15, 0.2) is 8.32 Å². The first kappa shape index (κ1) is 17.9. The number of hydrogen-bond donors (Lipinski definition) is 0. The Bertz CT molecular complexity index is 199. The van der Waals surface area contributed by atoms with Crippen LogP contribution in [0.15, 0.2) is 0 Å². The van der Waals surface area contributed by atoms with Crippen LogP contribution < -0.4 is 0 Å². The number of alkyl halides is 1. The monoisotopic (exact) mass is 370 g/mol. The maximum absolute atomic E-state index is 6.52. The van der Waals surface area contributed by atoms with E-state index in [1.54, 1.807) is 0 Å². The van der Waals surface area contributed by atoms with Gasteiger partial charge in [-0.2, -0.15) is 0 Å². The van der Waals surface area contributed by atoms with E-state index in [0.29, 0.717) is 11.1 Å². The van der Waals surface area contributed by atoms with Crippen molar-refractivity contribution >= 4 is 30.9 Å². The smallest absolute Gasteiger partial charge is 0.192 e. The first-order valence-corrected chi connectivity index (χ1v) is 11.4. The molecule has 1 atom stereocenters. The summed E-state index contributed by atoms with van der Waals surface area (Å²) in [5.74, 6) is 0. The van der Waals surface area contributed by atoms with E-state index >= 15 is 0 Å². The van der Waals surface area contributed by atoms with E-state index in [-0.39, 0.29) is 0 Å². The average Bonchev–Trinajstić information content (AvgIpc) is 2.16. The van der Waals surface area contributed by atoms with Crippen LogP contribution in [-0.2, 0) is 4.43 Å². The second kappa shape index (κ2) is 8.15. The summed E-state index contributed by atoms with van der Waals surface area (Å²) in [5.41, 5.74) is 0. The van der Waals surface area contributed by atoms with E-state index < -0.39 is 8.32 Å². The topological polar surface area (TPSA) is 9.23 Å². The van der Waals surface area contributed by atoms with E-state index in [2.05, 4.69) is 63.4 Å². The molecular weight excluding hydrogens is 339 g/mol. The van der Waals surface area contributed by atoms with Crippen molar-refractivity contribution in [1.82, 2.24) is 0 Å². The molecule has 0 rings (SSSR count). The molecular formula is C14H31IOSi. The minimum Gasteiger partial charge on any atom is -0.414 e. The second-order valence-electron chi connectivity index (χ2n) is 6.47. The Kier molecular flexibility index (Phi) is 8.59. The molecule has 0 saturated heterocycles. The summed E-state index contributed by atoms with van der Waals surface area (Å²) < 4.78 is 7.73. The number of hydrogen-bond acceptors (Lipinski definition) is 1. The maximum atomic E-state index is 6.52. The highest BCUT2D eigenvalue weighted by atomic mass is 127. The van der Waals surface area contributed by atoms with Crippen molar-refractivity contribution in [1.29, 1.82) is 0 Å². The Morgan fingerprint density at radius 1 is 1.12 bits per heavy atom. The fraction of sp³-hybridized carbons (Fsp3) is 1.00.